The summed E-state index contributed by atoms with van der Waals surface area (Å²) < 4.78 is 55.7. The molecule has 0 radical (unpaired) electrons. The minimum Gasteiger partial charge on any atom is -0.344 e. The van der Waals surface area contributed by atoms with Crippen molar-refractivity contribution in [3.8, 4) is 0 Å². The average molecular weight is 448 g/mol. The molecule has 1 aromatic heterocycles. The minimum absolute atomic E-state index is 0.00391. The van der Waals surface area contributed by atoms with Crippen LogP contribution < -0.4 is 10.0 Å². The van der Waals surface area contributed by atoms with Crippen molar-refractivity contribution in [2.45, 2.75) is 23.8 Å². The predicted octanol–water partition coefficient (Wildman–Crippen LogP) is 2.98. The van der Waals surface area contributed by atoms with E-state index in [0.29, 0.717) is 5.56 Å². The van der Waals surface area contributed by atoms with Gasteiger partial charge in [0.15, 0.2) is 0 Å². The van der Waals surface area contributed by atoms with E-state index in [9.17, 15) is 22.0 Å². The number of aryl methyl sites for hydroxylation is 1. The van der Waals surface area contributed by atoms with Gasteiger partial charge in [0.05, 0.1) is 12.2 Å². The van der Waals surface area contributed by atoms with Crippen LogP contribution >= 0.6 is 0 Å². The summed E-state index contributed by atoms with van der Waals surface area (Å²) in [4.78, 5) is 12.7. The highest BCUT2D eigenvalue weighted by molar-refractivity contribution is 7.89. The van der Waals surface area contributed by atoms with Crippen molar-refractivity contribution in [1.82, 2.24) is 19.8 Å². The van der Waals surface area contributed by atoms with Crippen molar-refractivity contribution in [2.24, 2.45) is 7.05 Å². The third-order valence-corrected chi connectivity index (χ3v) is 6.01. The average Bonchev–Trinajstić information content (AvgIpc) is 3.18. The van der Waals surface area contributed by atoms with Crippen LogP contribution in [0.2, 0.25) is 0 Å². The third kappa shape index (κ3) is 5.74. The number of amides is 1. The first-order valence-corrected chi connectivity index (χ1v) is 10.9. The number of carbonyl (C=O) groups excluding carboxylic acids is 1. The molecule has 3 aromatic rings. The number of rotatable bonds is 8. The minimum atomic E-state index is -3.83. The molecule has 10 heteroatoms. The fourth-order valence-corrected chi connectivity index (χ4v) is 3.94. The smallest absolute Gasteiger partial charge is 0.270 e. The SMILES string of the molecule is Cn1cc(S(=O)(=O)NCC(NC(=O)c2ccc(C(C)(F)F)cc2)c2ccccc2)cn1. The van der Waals surface area contributed by atoms with Crippen molar-refractivity contribution in [3.05, 3.63) is 83.7 Å². The van der Waals surface area contributed by atoms with Gasteiger partial charge in [-0.1, -0.05) is 42.5 Å². The highest BCUT2D eigenvalue weighted by atomic mass is 32.2. The normalized spacial score (nSPS) is 13.0. The number of nitrogens with zero attached hydrogens (tertiary/aromatic N) is 2. The van der Waals surface area contributed by atoms with Gasteiger partial charge in [-0.25, -0.2) is 21.9 Å². The summed E-state index contributed by atoms with van der Waals surface area (Å²) in [6.07, 6.45) is 2.59. The highest BCUT2D eigenvalue weighted by Gasteiger charge is 2.25. The summed E-state index contributed by atoms with van der Waals surface area (Å²) in [5.74, 6) is -3.52. The number of hydrogen-bond donors (Lipinski definition) is 2. The van der Waals surface area contributed by atoms with Crippen molar-refractivity contribution >= 4 is 15.9 Å². The largest absolute Gasteiger partial charge is 0.344 e. The maximum absolute atomic E-state index is 13.4. The Morgan fingerprint density at radius 1 is 1.13 bits per heavy atom. The number of carbonyl (C=O) groups is 1. The molecule has 1 unspecified atom stereocenters. The van der Waals surface area contributed by atoms with Gasteiger partial charge in [-0.3, -0.25) is 9.48 Å². The van der Waals surface area contributed by atoms with Crippen LogP contribution in [0.15, 0.2) is 71.9 Å². The first-order chi connectivity index (χ1) is 14.6. The molecule has 0 bridgehead atoms. The second-order valence-electron chi connectivity index (χ2n) is 7.10. The molecule has 0 aliphatic carbocycles. The Hall–Kier alpha value is -3.11. The Morgan fingerprint density at radius 2 is 1.77 bits per heavy atom. The number of alkyl halides is 2. The number of aromatic nitrogens is 2. The molecular weight excluding hydrogens is 426 g/mol. The van der Waals surface area contributed by atoms with E-state index in [1.807, 2.05) is 0 Å². The molecule has 3 rings (SSSR count). The molecule has 7 nitrogen and oxygen atoms in total. The Balaban J connectivity index is 1.77. The molecule has 0 fully saturated rings. The van der Waals surface area contributed by atoms with Crippen LogP contribution in [0, 0.1) is 0 Å². The molecule has 1 atom stereocenters. The zero-order valence-electron chi connectivity index (χ0n) is 16.9. The molecule has 0 aliphatic heterocycles. The van der Waals surface area contributed by atoms with E-state index in [1.165, 1.54) is 41.3 Å². The van der Waals surface area contributed by atoms with Crippen molar-refractivity contribution in [1.29, 1.82) is 0 Å². The summed E-state index contributed by atoms with van der Waals surface area (Å²) in [7, 11) is -2.23. The van der Waals surface area contributed by atoms with Gasteiger partial charge in [0, 0.05) is 37.8 Å². The van der Waals surface area contributed by atoms with Gasteiger partial charge in [0.1, 0.15) is 4.90 Å². The van der Waals surface area contributed by atoms with Crippen LogP contribution in [0.25, 0.3) is 0 Å². The predicted molar refractivity (Wildman–Crippen MR) is 111 cm³/mol. The van der Waals surface area contributed by atoms with E-state index >= 15 is 0 Å². The first kappa shape index (κ1) is 22.6. The van der Waals surface area contributed by atoms with E-state index in [1.54, 1.807) is 37.4 Å². The zero-order valence-corrected chi connectivity index (χ0v) is 17.7. The summed E-state index contributed by atoms with van der Waals surface area (Å²) in [6, 6.07) is 13.2. The molecule has 1 amide bonds. The number of halogens is 2. The molecule has 0 spiro atoms. The van der Waals surface area contributed by atoms with E-state index < -0.39 is 27.9 Å². The Bertz CT molecular complexity index is 1140. The van der Waals surface area contributed by atoms with Crippen LogP contribution in [0.3, 0.4) is 0 Å². The lowest BCUT2D eigenvalue weighted by Gasteiger charge is -2.20. The van der Waals surface area contributed by atoms with E-state index in [2.05, 4.69) is 15.1 Å². The molecule has 2 N–H and O–H groups in total. The molecule has 164 valence electrons. The molecule has 2 aromatic carbocycles. The number of sulfonamides is 1. The zero-order chi connectivity index (χ0) is 22.6. The third-order valence-electron chi connectivity index (χ3n) is 4.63. The van der Waals surface area contributed by atoms with Gasteiger partial charge in [-0.15, -0.1) is 0 Å². The maximum Gasteiger partial charge on any atom is 0.270 e. The lowest BCUT2D eigenvalue weighted by Crippen LogP contribution is -2.37. The molecule has 31 heavy (non-hydrogen) atoms. The van der Waals surface area contributed by atoms with Crippen LogP contribution in [-0.2, 0) is 23.0 Å². The Labute approximate surface area is 179 Å². The van der Waals surface area contributed by atoms with Crippen LogP contribution in [0.5, 0.6) is 0 Å². The number of hydrogen-bond acceptors (Lipinski definition) is 4. The molecule has 1 heterocycles. The molecule has 0 saturated heterocycles. The molecule has 0 saturated carbocycles. The highest BCUT2D eigenvalue weighted by Crippen LogP contribution is 2.27. The van der Waals surface area contributed by atoms with Crippen molar-refractivity contribution in [3.63, 3.8) is 0 Å². The second kappa shape index (κ2) is 8.94. The van der Waals surface area contributed by atoms with Gasteiger partial charge in [-0.05, 0) is 17.7 Å². The summed E-state index contributed by atoms with van der Waals surface area (Å²) in [5, 5.41) is 6.62. The van der Waals surface area contributed by atoms with Gasteiger partial charge in [0.2, 0.25) is 10.0 Å². The number of benzene rings is 2. The first-order valence-electron chi connectivity index (χ1n) is 9.39. The van der Waals surface area contributed by atoms with Crippen LogP contribution in [0.4, 0.5) is 8.78 Å². The molecule has 0 aliphatic rings. The van der Waals surface area contributed by atoms with Crippen LogP contribution in [0.1, 0.15) is 34.5 Å². The van der Waals surface area contributed by atoms with Gasteiger partial charge in [0.25, 0.3) is 11.8 Å². The van der Waals surface area contributed by atoms with Gasteiger partial charge < -0.3 is 5.32 Å². The fraction of sp³-hybridized carbons (Fsp3) is 0.238. The summed E-state index contributed by atoms with van der Waals surface area (Å²) in [6.45, 7) is 0.667. The second-order valence-corrected chi connectivity index (χ2v) is 8.87. The van der Waals surface area contributed by atoms with Gasteiger partial charge >= 0.3 is 0 Å². The van der Waals surface area contributed by atoms with Crippen LogP contribution in [-0.4, -0.2) is 30.7 Å². The van der Waals surface area contributed by atoms with E-state index in [4.69, 9.17) is 0 Å². The maximum atomic E-state index is 13.4. The van der Waals surface area contributed by atoms with Gasteiger partial charge in [-0.2, -0.15) is 5.10 Å². The lowest BCUT2D eigenvalue weighted by molar-refractivity contribution is 0.0174. The Morgan fingerprint density at radius 3 is 2.32 bits per heavy atom. The molecular formula is C21H22F2N4O3S. The summed E-state index contributed by atoms with van der Waals surface area (Å²) >= 11 is 0. The monoisotopic (exact) mass is 448 g/mol. The summed E-state index contributed by atoms with van der Waals surface area (Å²) in [5.41, 5.74) is 0.665. The standard InChI is InChI=1S/C21H22F2N4O3S/c1-21(22,23)17-10-8-16(9-11-17)20(28)26-19(15-6-4-3-5-7-15)13-25-31(29,30)18-12-24-27(2)14-18/h3-12,14,19,25H,13H2,1-2H3,(H,26,28). The topological polar surface area (TPSA) is 93.1 Å². The number of nitrogens with one attached hydrogen (secondary N) is 2. The van der Waals surface area contributed by atoms with E-state index in [0.717, 1.165) is 6.92 Å². The van der Waals surface area contributed by atoms with Crippen molar-refractivity contribution < 1.29 is 22.0 Å². The van der Waals surface area contributed by atoms with E-state index in [-0.39, 0.29) is 22.6 Å². The van der Waals surface area contributed by atoms with Crippen molar-refractivity contribution in [2.75, 3.05) is 6.54 Å². The lowest BCUT2D eigenvalue weighted by atomic mass is 10.0. The quantitative estimate of drug-likeness (QED) is 0.554. The fourth-order valence-electron chi connectivity index (χ4n) is 2.91. The Kier molecular flexibility index (Phi) is 6.51.